The molecule has 2 nitrogen and oxygen atoms in total. The predicted octanol–water partition coefficient (Wildman–Crippen LogP) is 4.87. The number of benzene rings is 2. The minimum Gasteiger partial charge on any atom is -0.399 e. The Morgan fingerprint density at radius 2 is 1.46 bits per heavy atom. The van der Waals surface area contributed by atoms with Crippen LogP contribution in [0, 0.1) is 0 Å². The highest BCUT2D eigenvalue weighted by molar-refractivity contribution is 7.25. The molecule has 122 valence electrons. The molecule has 1 fully saturated rings. The van der Waals surface area contributed by atoms with Crippen molar-refractivity contribution in [3.05, 3.63) is 54.6 Å². The second-order valence-corrected chi connectivity index (χ2v) is 8.47. The Kier molecular flexibility index (Phi) is 3.61. The number of hydrogen-bond donors (Lipinski definition) is 0. The molecule has 0 bridgehead atoms. The van der Waals surface area contributed by atoms with Crippen molar-refractivity contribution in [1.29, 1.82) is 0 Å². The van der Waals surface area contributed by atoms with E-state index >= 15 is 0 Å². The van der Waals surface area contributed by atoms with E-state index in [0.29, 0.717) is 0 Å². The zero-order valence-corrected chi connectivity index (χ0v) is 15.3. The van der Waals surface area contributed by atoms with Crippen molar-refractivity contribution in [3.63, 3.8) is 0 Å². The number of hydrogen-bond acceptors (Lipinski definition) is 3. The van der Waals surface area contributed by atoms with Crippen LogP contribution in [0.2, 0.25) is 0 Å². The standard InChI is InChI=1S/C20H21BO2S/c1-19(2)20(3,4)23-21(22-19)18-12-11-17(24-18)16-10-9-14-7-5-6-8-15(14)13-16/h5-13H,1-4H3. The topological polar surface area (TPSA) is 18.5 Å². The molecule has 1 aliphatic rings. The molecule has 1 aliphatic heterocycles. The minimum absolute atomic E-state index is 0.283. The van der Waals surface area contributed by atoms with Gasteiger partial charge in [-0.2, -0.15) is 0 Å². The van der Waals surface area contributed by atoms with Gasteiger partial charge in [-0.3, -0.25) is 0 Å². The van der Waals surface area contributed by atoms with Crippen LogP contribution in [0.15, 0.2) is 54.6 Å². The lowest BCUT2D eigenvalue weighted by Crippen LogP contribution is -2.41. The first-order valence-electron chi connectivity index (χ1n) is 8.30. The van der Waals surface area contributed by atoms with Gasteiger partial charge < -0.3 is 9.31 Å². The highest BCUT2D eigenvalue weighted by atomic mass is 32.1. The average Bonchev–Trinajstić information content (AvgIpc) is 3.10. The van der Waals surface area contributed by atoms with E-state index in [1.165, 1.54) is 21.2 Å². The molecule has 0 aliphatic carbocycles. The van der Waals surface area contributed by atoms with Crippen molar-refractivity contribution >= 4 is 34.0 Å². The highest BCUT2D eigenvalue weighted by Gasteiger charge is 2.52. The quantitative estimate of drug-likeness (QED) is 0.622. The Morgan fingerprint density at radius 1 is 0.792 bits per heavy atom. The highest BCUT2D eigenvalue weighted by Crippen LogP contribution is 2.37. The zero-order valence-electron chi connectivity index (χ0n) is 14.5. The van der Waals surface area contributed by atoms with E-state index in [4.69, 9.17) is 9.31 Å². The average molecular weight is 336 g/mol. The van der Waals surface area contributed by atoms with Crippen molar-refractivity contribution in [1.82, 2.24) is 0 Å². The summed E-state index contributed by atoms with van der Waals surface area (Å²) in [5.41, 5.74) is 0.636. The lowest BCUT2D eigenvalue weighted by Gasteiger charge is -2.32. The van der Waals surface area contributed by atoms with Gasteiger partial charge in [-0.1, -0.05) is 42.5 Å². The van der Waals surface area contributed by atoms with Gasteiger partial charge in [-0.05, 0) is 56.2 Å². The Hall–Kier alpha value is -1.62. The largest absolute Gasteiger partial charge is 0.505 e. The second-order valence-electron chi connectivity index (χ2n) is 7.35. The molecule has 1 saturated heterocycles. The summed E-state index contributed by atoms with van der Waals surface area (Å²) in [6.45, 7) is 8.35. The molecule has 1 aromatic heterocycles. The van der Waals surface area contributed by atoms with Crippen LogP contribution in [0.1, 0.15) is 27.7 Å². The summed E-state index contributed by atoms with van der Waals surface area (Å²) in [7, 11) is -0.283. The van der Waals surface area contributed by atoms with E-state index in [1.54, 1.807) is 11.3 Å². The van der Waals surface area contributed by atoms with Crippen LogP contribution in [0.3, 0.4) is 0 Å². The van der Waals surface area contributed by atoms with Crippen LogP contribution in [-0.2, 0) is 9.31 Å². The fraction of sp³-hybridized carbons (Fsp3) is 0.300. The Morgan fingerprint density at radius 3 is 2.17 bits per heavy atom. The summed E-state index contributed by atoms with van der Waals surface area (Å²) in [5, 5.41) is 2.53. The molecule has 0 spiro atoms. The monoisotopic (exact) mass is 336 g/mol. The number of thiophene rings is 1. The molecule has 2 heterocycles. The Balaban J connectivity index is 1.65. The fourth-order valence-electron chi connectivity index (χ4n) is 2.94. The van der Waals surface area contributed by atoms with E-state index in [0.717, 1.165) is 4.78 Å². The molecule has 0 N–H and O–H groups in total. The van der Waals surface area contributed by atoms with Crippen LogP contribution in [0.5, 0.6) is 0 Å². The van der Waals surface area contributed by atoms with Crippen LogP contribution in [-0.4, -0.2) is 18.3 Å². The summed E-state index contributed by atoms with van der Waals surface area (Å²) in [6, 6.07) is 19.3. The maximum absolute atomic E-state index is 6.16. The van der Waals surface area contributed by atoms with E-state index in [-0.39, 0.29) is 18.3 Å². The van der Waals surface area contributed by atoms with Crippen molar-refractivity contribution in [2.24, 2.45) is 0 Å². The third-order valence-electron chi connectivity index (χ3n) is 5.15. The summed E-state index contributed by atoms with van der Waals surface area (Å²) < 4.78 is 13.4. The molecular weight excluding hydrogens is 315 g/mol. The maximum atomic E-state index is 6.16. The van der Waals surface area contributed by atoms with E-state index in [2.05, 4.69) is 82.3 Å². The van der Waals surface area contributed by atoms with Gasteiger partial charge in [0.05, 0.1) is 11.2 Å². The smallest absolute Gasteiger partial charge is 0.399 e. The molecule has 0 amide bonds. The van der Waals surface area contributed by atoms with Crippen LogP contribution in [0.4, 0.5) is 0 Å². The lowest BCUT2D eigenvalue weighted by atomic mass is 9.88. The van der Waals surface area contributed by atoms with E-state index in [1.807, 2.05) is 0 Å². The SMILES string of the molecule is CC1(C)OB(c2ccc(-c3ccc4ccccc4c3)s2)OC1(C)C. The number of rotatable bonds is 2. The fourth-order valence-corrected chi connectivity index (χ4v) is 3.90. The van der Waals surface area contributed by atoms with Gasteiger partial charge >= 0.3 is 7.12 Å². The zero-order chi connectivity index (χ0) is 16.9. The molecule has 2 aromatic carbocycles. The molecule has 0 saturated carbocycles. The van der Waals surface area contributed by atoms with Gasteiger partial charge in [0, 0.05) is 9.65 Å². The van der Waals surface area contributed by atoms with Gasteiger partial charge in [0.15, 0.2) is 0 Å². The van der Waals surface area contributed by atoms with Crippen molar-refractivity contribution < 1.29 is 9.31 Å². The molecule has 4 rings (SSSR count). The minimum atomic E-state index is -0.301. The van der Waals surface area contributed by atoms with Crippen molar-refractivity contribution in [2.75, 3.05) is 0 Å². The van der Waals surface area contributed by atoms with Gasteiger partial charge in [-0.15, -0.1) is 11.3 Å². The normalized spacial score (nSPS) is 19.1. The summed E-state index contributed by atoms with van der Waals surface area (Å²) in [6.07, 6.45) is 0. The van der Waals surface area contributed by atoms with Gasteiger partial charge in [-0.25, -0.2) is 0 Å². The maximum Gasteiger partial charge on any atom is 0.505 e. The van der Waals surface area contributed by atoms with Crippen molar-refractivity contribution in [3.8, 4) is 10.4 Å². The van der Waals surface area contributed by atoms with Crippen molar-refractivity contribution in [2.45, 2.75) is 38.9 Å². The molecule has 0 radical (unpaired) electrons. The van der Waals surface area contributed by atoms with Crippen LogP contribution >= 0.6 is 11.3 Å². The summed E-state index contributed by atoms with van der Waals surface area (Å²) in [5.74, 6) is 0. The second kappa shape index (κ2) is 5.45. The summed E-state index contributed by atoms with van der Waals surface area (Å²) in [4.78, 5) is 1.24. The third kappa shape index (κ3) is 2.59. The molecule has 4 heteroatoms. The molecule has 24 heavy (non-hydrogen) atoms. The van der Waals surface area contributed by atoms with Gasteiger partial charge in [0.25, 0.3) is 0 Å². The number of fused-ring (bicyclic) bond motifs is 1. The van der Waals surface area contributed by atoms with Gasteiger partial charge in [0.2, 0.25) is 0 Å². The Bertz CT molecular complexity index is 881. The lowest BCUT2D eigenvalue weighted by molar-refractivity contribution is 0.00578. The molecule has 0 unspecified atom stereocenters. The molecule has 3 aromatic rings. The van der Waals surface area contributed by atoms with Gasteiger partial charge in [0.1, 0.15) is 0 Å². The molecular formula is C20H21BO2S. The van der Waals surface area contributed by atoms with Crippen LogP contribution < -0.4 is 4.78 Å². The first-order valence-corrected chi connectivity index (χ1v) is 9.12. The van der Waals surface area contributed by atoms with Crippen LogP contribution in [0.25, 0.3) is 21.2 Å². The summed E-state index contributed by atoms with van der Waals surface area (Å²) >= 11 is 1.74. The third-order valence-corrected chi connectivity index (χ3v) is 6.30. The molecule has 0 atom stereocenters. The first-order chi connectivity index (χ1) is 11.4. The van der Waals surface area contributed by atoms with E-state index < -0.39 is 0 Å². The first kappa shape index (κ1) is 15.9. The Labute approximate surface area is 147 Å². The predicted molar refractivity (Wildman–Crippen MR) is 103 cm³/mol. The van der Waals surface area contributed by atoms with E-state index in [9.17, 15) is 0 Å².